The molecule has 0 aliphatic rings. The average molecular weight is 355 g/mol. The van der Waals surface area contributed by atoms with Crippen LogP contribution in [0.3, 0.4) is 0 Å². The van der Waals surface area contributed by atoms with Crippen molar-refractivity contribution in [1.29, 1.82) is 0 Å². The van der Waals surface area contributed by atoms with Gasteiger partial charge in [-0.3, -0.25) is 4.79 Å². The van der Waals surface area contributed by atoms with E-state index < -0.39 is 23.6 Å². The Bertz CT molecular complexity index is 562. The predicted octanol–water partition coefficient (Wildman–Crippen LogP) is 2.17. The van der Waals surface area contributed by atoms with Gasteiger partial charge in [-0.1, -0.05) is 0 Å². The summed E-state index contributed by atoms with van der Waals surface area (Å²) in [6.07, 6.45) is -5.15. The molecule has 0 heterocycles. The van der Waals surface area contributed by atoms with Gasteiger partial charge in [0.15, 0.2) is 0 Å². The van der Waals surface area contributed by atoms with Gasteiger partial charge in [0.2, 0.25) is 5.54 Å². The summed E-state index contributed by atoms with van der Waals surface area (Å²) in [5, 5.41) is 10.2. The van der Waals surface area contributed by atoms with Crippen molar-refractivity contribution in [1.82, 2.24) is 5.32 Å². The summed E-state index contributed by atoms with van der Waals surface area (Å²) in [7, 11) is 0. The minimum absolute atomic E-state index is 0.155. The Labute approximate surface area is 120 Å². The molecule has 0 bridgehead atoms. The lowest BCUT2D eigenvalue weighted by Crippen LogP contribution is -2.61. The summed E-state index contributed by atoms with van der Waals surface area (Å²) in [6.45, 7) is 0.368. The van der Waals surface area contributed by atoms with E-state index in [1.54, 1.807) is 0 Å². The van der Waals surface area contributed by atoms with Gasteiger partial charge >= 0.3 is 12.1 Å². The fourth-order valence-electron chi connectivity index (χ4n) is 1.26. The summed E-state index contributed by atoms with van der Waals surface area (Å²) in [5.74, 6) is -3.41. The number of amides is 1. The third kappa shape index (κ3) is 3.03. The van der Waals surface area contributed by atoms with Gasteiger partial charge in [-0.25, -0.2) is 4.79 Å². The van der Waals surface area contributed by atoms with E-state index in [0.717, 1.165) is 6.07 Å². The summed E-state index contributed by atoms with van der Waals surface area (Å²) in [6, 6.07) is 3.94. The first-order valence-corrected chi connectivity index (χ1v) is 5.96. The van der Waals surface area contributed by atoms with E-state index in [0.29, 0.717) is 6.92 Å². The van der Waals surface area contributed by atoms with Crippen molar-refractivity contribution in [3.8, 4) is 0 Å². The van der Waals surface area contributed by atoms with E-state index in [2.05, 4.69) is 15.9 Å². The molecule has 20 heavy (non-hydrogen) atoms. The normalized spacial score (nSPS) is 14.4. The van der Waals surface area contributed by atoms with Gasteiger partial charge in [0.25, 0.3) is 5.91 Å². The molecule has 0 aromatic heterocycles. The highest BCUT2D eigenvalue weighted by atomic mass is 79.9. The number of carbonyl (C=O) groups excluding carboxylic acids is 1. The molecule has 5 nitrogen and oxygen atoms in total. The van der Waals surface area contributed by atoms with Gasteiger partial charge in [0.1, 0.15) is 0 Å². The molecule has 0 spiro atoms. The molecule has 0 saturated carbocycles. The number of nitrogen functional groups attached to an aromatic ring is 1. The zero-order valence-electron chi connectivity index (χ0n) is 10.1. The van der Waals surface area contributed by atoms with Crippen LogP contribution in [0.5, 0.6) is 0 Å². The van der Waals surface area contributed by atoms with Crippen LogP contribution in [0.25, 0.3) is 0 Å². The molecule has 1 unspecified atom stereocenters. The smallest absolute Gasteiger partial charge is 0.422 e. The Hall–Kier alpha value is -1.77. The molecule has 0 radical (unpaired) electrons. The van der Waals surface area contributed by atoms with Crippen LogP contribution in [0.1, 0.15) is 17.3 Å². The number of nitrogens with one attached hydrogen (secondary N) is 1. The number of halogens is 4. The standard InChI is InChI=1S/C11H10BrF3N2O3/c1-10(9(19)20,11(13,14)15)17-8(18)6-4-5(16)2-3-7(6)12/h2-4H,16H2,1H3,(H,17,18)(H,19,20). The second-order valence-corrected chi connectivity index (χ2v) is 4.98. The highest BCUT2D eigenvalue weighted by Gasteiger charge is 2.58. The van der Waals surface area contributed by atoms with Crippen molar-refractivity contribution in [3.63, 3.8) is 0 Å². The number of anilines is 1. The minimum atomic E-state index is -5.15. The van der Waals surface area contributed by atoms with Gasteiger partial charge in [0, 0.05) is 10.2 Å². The Morgan fingerprint density at radius 1 is 1.35 bits per heavy atom. The third-order valence-corrected chi connectivity index (χ3v) is 3.28. The van der Waals surface area contributed by atoms with Gasteiger partial charge in [-0.2, -0.15) is 13.2 Å². The van der Waals surface area contributed by atoms with E-state index >= 15 is 0 Å². The lowest BCUT2D eigenvalue weighted by atomic mass is 10.0. The van der Waals surface area contributed by atoms with Crippen LogP contribution in [0.4, 0.5) is 18.9 Å². The van der Waals surface area contributed by atoms with Gasteiger partial charge in [0.05, 0.1) is 5.56 Å². The van der Waals surface area contributed by atoms with Crippen LogP contribution >= 0.6 is 15.9 Å². The number of alkyl halides is 3. The second kappa shape index (κ2) is 5.31. The van der Waals surface area contributed by atoms with E-state index in [1.807, 2.05) is 0 Å². The van der Waals surface area contributed by atoms with E-state index in [1.165, 1.54) is 17.4 Å². The maximum atomic E-state index is 12.8. The molecular weight excluding hydrogens is 345 g/mol. The number of aliphatic carboxylic acids is 1. The lowest BCUT2D eigenvalue weighted by Gasteiger charge is -2.28. The van der Waals surface area contributed by atoms with Crippen molar-refractivity contribution in [2.75, 3.05) is 5.73 Å². The molecule has 9 heteroatoms. The van der Waals surface area contributed by atoms with Crippen molar-refractivity contribution < 1.29 is 27.9 Å². The van der Waals surface area contributed by atoms with Gasteiger partial charge < -0.3 is 16.2 Å². The number of hydrogen-bond donors (Lipinski definition) is 3. The third-order valence-electron chi connectivity index (χ3n) is 2.59. The Morgan fingerprint density at radius 2 is 1.90 bits per heavy atom. The molecular formula is C11H10BrF3N2O3. The van der Waals surface area contributed by atoms with Crippen molar-refractivity contribution in [2.24, 2.45) is 0 Å². The van der Waals surface area contributed by atoms with Crippen molar-refractivity contribution >= 4 is 33.5 Å². The minimum Gasteiger partial charge on any atom is -0.479 e. The highest BCUT2D eigenvalue weighted by Crippen LogP contribution is 2.31. The first-order valence-electron chi connectivity index (χ1n) is 5.16. The number of rotatable bonds is 3. The van der Waals surface area contributed by atoms with Crippen molar-refractivity contribution in [3.05, 3.63) is 28.2 Å². The van der Waals surface area contributed by atoms with Gasteiger partial charge in [-0.15, -0.1) is 0 Å². The fraction of sp³-hybridized carbons (Fsp3) is 0.273. The van der Waals surface area contributed by atoms with Crippen LogP contribution < -0.4 is 11.1 Å². The van der Waals surface area contributed by atoms with E-state index in [-0.39, 0.29) is 15.7 Å². The molecule has 1 aromatic rings. The highest BCUT2D eigenvalue weighted by molar-refractivity contribution is 9.10. The predicted molar refractivity (Wildman–Crippen MR) is 68.1 cm³/mol. The molecule has 1 aromatic carbocycles. The lowest BCUT2D eigenvalue weighted by molar-refractivity contribution is -0.203. The number of carboxylic acids is 1. The first-order chi connectivity index (χ1) is 8.99. The fourth-order valence-corrected chi connectivity index (χ4v) is 1.68. The number of benzene rings is 1. The van der Waals surface area contributed by atoms with E-state index in [4.69, 9.17) is 10.8 Å². The molecule has 1 rings (SSSR count). The first kappa shape index (κ1) is 16.3. The summed E-state index contributed by atoms with van der Waals surface area (Å²) >= 11 is 2.98. The van der Waals surface area contributed by atoms with Crippen LogP contribution in [0, 0.1) is 0 Å². The maximum Gasteiger partial charge on any atom is 0.422 e. The molecule has 4 N–H and O–H groups in total. The molecule has 0 fully saturated rings. The number of carboxylic acid groups (broad SMARTS) is 1. The second-order valence-electron chi connectivity index (χ2n) is 4.12. The number of nitrogens with two attached hydrogens (primary N) is 1. The Kier molecular flexibility index (Phi) is 4.33. The largest absolute Gasteiger partial charge is 0.479 e. The molecule has 1 atom stereocenters. The van der Waals surface area contributed by atoms with Crippen LogP contribution in [0.15, 0.2) is 22.7 Å². The maximum absolute atomic E-state index is 12.8. The van der Waals surface area contributed by atoms with Crippen molar-refractivity contribution in [2.45, 2.75) is 18.6 Å². The number of hydrogen-bond acceptors (Lipinski definition) is 3. The SMILES string of the molecule is CC(NC(=O)c1cc(N)ccc1Br)(C(=O)O)C(F)(F)F. The molecule has 1 amide bonds. The quantitative estimate of drug-likeness (QED) is 0.725. The van der Waals surface area contributed by atoms with Crippen LogP contribution in [-0.4, -0.2) is 28.7 Å². The molecule has 0 aliphatic heterocycles. The van der Waals surface area contributed by atoms with Crippen LogP contribution in [-0.2, 0) is 4.79 Å². The molecule has 110 valence electrons. The van der Waals surface area contributed by atoms with Crippen LogP contribution in [0.2, 0.25) is 0 Å². The zero-order valence-corrected chi connectivity index (χ0v) is 11.7. The Morgan fingerprint density at radius 3 is 2.35 bits per heavy atom. The summed E-state index contributed by atoms with van der Waals surface area (Å²) in [5.41, 5.74) is 2.00. The zero-order chi connectivity index (χ0) is 15.7. The van der Waals surface area contributed by atoms with E-state index in [9.17, 15) is 22.8 Å². The summed E-state index contributed by atoms with van der Waals surface area (Å²) < 4.78 is 38.5. The molecule has 0 saturated heterocycles. The number of carbonyl (C=O) groups is 2. The molecule has 0 aliphatic carbocycles. The monoisotopic (exact) mass is 354 g/mol. The topological polar surface area (TPSA) is 92.4 Å². The summed E-state index contributed by atoms with van der Waals surface area (Å²) in [4.78, 5) is 22.6. The van der Waals surface area contributed by atoms with Gasteiger partial charge in [-0.05, 0) is 41.1 Å². The average Bonchev–Trinajstić information content (AvgIpc) is 2.30. The Balaban J connectivity index is 3.16.